The summed E-state index contributed by atoms with van der Waals surface area (Å²) in [5.41, 5.74) is 2.87. The molecule has 0 radical (unpaired) electrons. The highest BCUT2D eigenvalue weighted by molar-refractivity contribution is 5.88. The maximum Gasteiger partial charge on any atom is -0.00258 e. The van der Waals surface area contributed by atoms with Gasteiger partial charge >= 0.3 is 0 Å². The zero-order valence-corrected chi connectivity index (χ0v) is 13.1. The fourth-order valence-corrected chi connectivity index (χ4v) is 2.69. The molecule has 1 N–H and O–H groups in total. The molecule has 0 spiro atoms. The third kappa shape index (κ3) is 4.08. The molecule has 0 amide bonds. The number of fused-ring (bicyclic) bond motifs is 1. The molecule has 0 aromatic heterocycles. The van der Waals surface area contributed by atoms with Crippen molar-refractivity contribution in [3.05, 3.63) is 47.5 Å². The average molecular weight is 269 g/mol. The van der Waals surface area contributed by atoms with E-state index in [2.05, 4.69) is 62.5 Å². The van der Waals surface area contributed by atoms with Crippen molar-refractivity contribution >= 4 is 10.8 Å². The second kappa shape index (κ2) is 7.44. The summed E-state index contributed by atoms with van der Waals surface area (Å²) in [4.78, 5) is 0. The minimum absolute atomic E-state index is 0.746. The highest BCUT2D eigenvalue weighted by Crippen LogP contribution is 2.23. The van der Waals surface area contributed by atoms with E-state index in [1.165, 1.54) is 41.2 Å². The Kier molecular flexibility index (Phi) is 5.60. The second-order valence-corrected chi connectivity index (χ2v) is 6.14. The SMILES string of the molecule is Cc1ccc(CCCCNCC(C)C)c2ccccc12. The Bertz CT molecular complexity index is 542. The van der Waals surface area contributed by atoms with Crippen molar-refractivity contribution in [3.63, 3.8) is 0 Å². The van der Waals surface area contributed by atoms with Crippen molar-refractivity contribution < 1.29 is 0 Å². The summed E-state index contributed by atoms with van der Waals surface area (Å²) in [6.45, 7) is 8.98. The van der Waals surface area contributed by atoms with Crippen LogP contribution in [0.3, 0.4) is 0 Å². The second-order valence-electron chi connectivity index (χ2n) is 6.14. The molecule has 0 atom stereocenters. The third-order valence-electron chi connectivity index (χ3n) is 3.83. The van der Waals surface area contributed by atoms with Gasteiger partial charge in [0.1, 0.15) is 0 Å². The Morgan fingerprint density at radius 1 is 0.950 bits per heavy atom. The lowest BCUT2D eigenvalue weighted by molar-refractivity contribution is 0.536. The van der Waals surface area contributed by atoms with Crippen LogP contribution in [0, 0.1) is 12.8 Å². The fraction of sp³-hybridized carbons (Fsp3) is 0.474. The van der Waals surface area contributed by atoms with Crippen LogP contribution in [-0.2, 0) is 6.42 Å². The standard InChI is InChI=1S/C19H27N/c1-15(2)14-20-13-7-6-8-17-12-11-16(3)18-9-4-5-10-19(17)18/h4-5,9-12,15,20H,6-8,13-14H2,1-3H3. The molecule has 20 heavy (non-hydrogen) atoms. The van der Waals surface area contributed by atoms with Crippen molar-refractivity contribution in [2.75, 3.05) is 13.1 Å². The first kappa shape index (κ1) is 15.1. The number of rotatable bonds is 7. The Hall–Kier alpha value is -1.34. The lowest BCUT2D eigenvalue weighted by Crippen LogP contribution is -2.20. The van der Waals surface area contributed by atoms with Crippen LogP contribution in [0.15, 0.2) is 36.4 Å². The van der Waals surface area contributed by atoms with Crippen molar-refractivity contribution in [1.29, 1.82) is 0 Å². The molecule has 1 nitrogen and oxygen atoms in total. The lowest BCUT2D eigenvalue weighted by atomic mass is 9.97. The molecule has 2 rings (SSSR count). The van der Waals surface area contributed by atoms with Crippen molar-refractivity contribution in [1.82, 2.24) is 5.32 Å². The molecule has 1 heteroatoms. The topological polar surface area (TPSA) is 12.0 Å². The zero-order chi connectivity index (χ0) is 14.4. The van der Waals surface area contributed by atoms with Gasteiger partial charge < -0.3 is 5.32 Å². The highest BCUT2D eigenvalue weighted by Gasteiger charge is 2.03. The molecular formula is C19H27N. The number of benzene rings is 2. The summed E-state index contributed by atoms with van der Waals surface area (Å²) in [5, 5.41) is 6.36. The monoisotopic (exact) mass is 269 g/mol. The van der Waals surface area contributed by atoms with Gasteiger partial charge in [-0.3, -0.25) is 0 Å². The lowest BCUT2D eigenvalue weighted by Gasteiger charge is -2.10. The van der Waals surface area contributed by atoms with Gasteiger partial charge in [-0.15, -0.1) is 0 Å². The minimum atomic E-state index is 0.746. The summed E-state index contributed by atoms with van der Waals surface area (Å²) < 4.78 is 0. The van der Waals surface area contributed by atoms with Gasteiger partial charge in [0, 0.05) is 0 Å². The predicted octanol–water partition coefficient (Wildman–Crippen LogP) is 4.72. The quantitative estimate of drug-likeness (QED) is 0.717. The number of hydrogen-bond donors (Lipinski definition) is 1. The Morgan fingerprint density at radius 3 is 2.45 bits per heavy atom. The van der Waals surface area contributed by atoms with E-state index in [1.54, 1.807) is 0 Å². The van der Waals surface area contributed by atoms with Gasteiger partial charge in [-0.2, -0.15) is 0 Å². The molecule has 2 aromatic rings. The highest BCUT2D eigenvalue weighted by atomic mass is 14.8. The fourth-order valence-electron chi connectivity index (χ4n) is 2.69. The normalized spacial score (nSPS) is 11.4. The van der Waals surface area contributed by atoms with Crippen molar-refractivity contribution in [2.24, 2.45) is 5.92 Å². The average Bonchev–Trinajstić information content (AvgIpc) is 2.45. The third-order valence-corrected chi connectivity index (χ3v) is 3.83. The molecule has 0 saturated heterocycles. The molecular weight excluding hydrogens is 242 g/mol. The molecule has 2 aromatic carbocycles. The van der Waals surface area contributed by atoms with Gasteiger partial charge in [0.05, 0.1) is 0 Å². The Morgan fingerprint density at radius 2 is 1.70 bits per heavy atom. The summed E-state index contributed by atoms with van der Waals surface area (Å²) in [6, 6.07) is 13.3. The van der Waals surface area contributed by atoms with Gasteiger partial charge in [0.25, 0.3) is 0 Å². The first-order chi connectivity index (χ1) is 9.68. The van der Waals surface area contributed by atoms with E-state index in [9.17, 15) is 0 Å². The number of unbranched alkanes of at least 4 members (excludes halogenated alkanes) is 1. The van der Waals surface area contributed by atoms with E-state index in [0.717, 1.165) is 19.0 Å². The smallest absolute Gasteiger partial charge is 0.00258 e. The largest absolute Gasteiger partial charge is 0.316 e. The summed E-state index contributed by atoms with van der Waals surface area (Å²) in [6.07, 6.45) is 3.71. The van der Waals surface area contributed by atoms with Crippen LogP contribution in [0.1, 0.15) is 37.8 Å². The van der Waals surface area contributed by atoms with Crippen LogP contribution in [-0.4, -0.2) is 13.1 Å². The maximum atomic E-state index is 3.52. The zero-order valence-electron chi connectivity index (χ0n) is 13.1. The van der Waals surface area contributed by atoms with E-state index >= 15 is 0 Å². The van der Waals surface area contributed by atoms with Gasteiger partial charge in [0.15, 0.2) is 0 Å². The Labute approximate surface area is 123 Å². The minimum Gasteiger partial charge on any atom is -0.316 e. The van der Waals surface area contributed by atoms with Gasteiger partial charge in [-0.05, 0) is 67.1 Å². The van der Waals surface area contributed by atoms with Crippen LogP contribution < -0.4 is 5.32 Å². The number of hydrogen-bond acceptors (Lipinski definition) is 1. The number of nitrogens with one attached hydrogen (secondary N) is 1. The maximum absolute atomic E-state index is 3.52. The summed E-state index contributed by atoms with van der Waals surface area (Å²) in [7, 11) is 0. The molecule has 0 aliphatic heterocycles. The Balaban J connectivity index is 1.89. The van der Waals surface area contributed by atoms with Gasteiger partial charge in [-0.1, -0.05) is 50.2 Å². The van der Waals surface area contributed by atoms with Crippen LogP contribution in [0.5, 0.6) is 0 Å². The first-order valence-corrected chi connectivity index (χ1v) is 7.86. The molecule has 0 aliphatic rings. The first-order valence-electron chi connectivity index (χ1n) is 7.86. The van der Waals surface area contributed by atoms with Crippen LogP contribution in [0.2, 0.25) is 0 Å². The molecule has 108 valence electrons. The molecule has 0 unspecified atom stereocenters. The van der Waals surface area contributed by atoms with Crippen LogP contribution in [0.25, 0.3) is 10.8 Å². The molecule has 0 saturated carbocycles. The summed E-state index contributed by atoms with van der Waals surface area (Å²) in [5.74, 6) is 0.746. The van der Waals surface area contributed by atoms with Crippen LogP contribution in [0.4, 0.5) is 0 Å². The van der Waals surface area contributed by atoms with Crippen molar-refractivity contribution in [3.8, 4) is 0 Å². The molecule has 0 fully saturated rings. The predicted molar refractivity (Wildman–Crippen MR) is 89.3 cm³/mol. The van der Waals surface area contributed by atoms with Gasteiger partial charge in [0.2, 0.25) is 0 Å². The summed E-state index contributed by atoms with van der Waals surface area (Å²) >= 11 is 0. The van der Waals surface area contributed by atoms with E-state index in [1.807, 2.05) is 0 Å². The van der Waals surface area contributed by atoms with Gasteiger partial charge in [-0.25, -0.2) is 0 Å². The molecule has 0 heterocycles. The van der Waals surface area contributed by atoms with E-state index in [-0.39, 0.29) is 0 Å². The van der Waals surface area contributed by atoms with Crippen LogP contribution >= 0.6 is 0 Å². The molecule has 0 aliphatic carbocycles. The van der Waals surface area contributed by atoms with Crippen molar-refractivity contribution in [2.45, 2.75) is 40.0 Å². The number of aryl methyl sites for hydroxylation is 2. The molecule has 0 bridgehead atoms. The van der Waals surface area contributed by atoms with E-state index in [0.29, 0.717) is 0 Å². The van der Waals surface area contributed by atoms with E-state index < -0.39 is 0 Å². The van der Waals surface area contributed by atoms with E-state index in [4.69, 9.17) is 0 Å².